The first kappa shape index (κ1) is 21.0. The molecule has 1 aromatic carbocycles. The van der Waals surface area contributed by atoms with Crippen LogP contribution >= 0.6 is 0 Å². The number of carbonyl (C=O) groups is 2. The van der Waals surface area contributed by atoms with E-state index in [1.54, 1.807) is 24.5 Å². The SMILES string of the molecule is CC(C)C(NC(=O)CNC(=O)c1cc(F)cc(F)c1)c1nc(-c2cccnc2)no1. The van der Waals surface area contributed by atoms with Gasteiger partial charge in [0.1, 0.15) is 17.7 Å². The third-order valence-corrected chi connectivity index (χ3v) is 4.14. The van der Waals surface area contributed by atoms with Crippen LogP contribution in [0, 0.1) is 17.6 Å². The lowest BCUT2D eigenvalue weighted by Gasteiger charge is -2.18. The number of benzene rings is 1. The molecule has 2 N–H and O–H groups in total. The molecule has 0 aliphatic rings. The quantitative estimate of drug-likeness (QED) is 0.614. The summed E-state index contributed by atoms with van der Waals surface area (Å²) in [7, 11) is 0. The maximum atomic E-state index is 13.2. The Hall–Kier alpha value is -3.69. The largest absolute Gasteiger partial charge is 0.343 e. The van der Waals surface area contributed by atoms with Crippen LogP contribution in [0.5, 0.6) is 0 Å². The second kappa shape index (κ2) is 9.21. The van der Waals surface area contributed by atoms with Gasteiger partial charge in [-0.15, -0.1) is 0 Å². The van der Waals surface area contributed by atoms with Gasteiger partial charge < -0.3 is 15.2 Å². The predicted octanol–water partition coefficient (Wildman–Crippen LogP) is 2.65. The van der Waals surface area contributed by atoms with Gasteiger partial charge in [-0.25, -0.2) is 8.78 Å². The fraction of sp³-hybridized carbons (Fsp3) is 0.250. The zero-order chi connectivity index (χ0) is 21.7. The highest BCUT2D eigenvalue weighted by Crippen LogP contribution is 2.23. The number of pyridine rings is 1. The summed E-state index contributed by atoms with van der Waals surface area (Å²) in [6.45, 7) is 3.31. The van der Waals surface area contributed by atoms with Gasteiger partial charge in [-0.3, -0.25) is 14.6 Å². The minimum Gasteiger partial charge on any atom is -0.343 e. The average Bonchev–Trinajstić information content (AvgIpc) is 3.19. The molecule has 0 fully saturated rings. The van der Waals surface area contributed by atoms with E-state index in [1.165, 1.54) is 0 Å². The molecule has 3 rings (SSSR count). The van der Waals surface area contributed by atoms with Crippen LogP contribution in [0.25, 0.3) is 11.4 Å². The van der Waals surface area contributed by atoms with Crippen LogP contribution in [0.3, 0.4) is 0 Å². The topological polar surface area (TPSA) is 110 Å². The van der Waals surface area contributed by atoms with Gasteiger partial charge in [0.25, 0.3) is 5.91 Å². The van der Waals surface area contributed by atoms with Crippen molar-refractivity contribution < 1.29 is 22.9 Å². The van der Waals surface area contributed by atoms with E-state index in [9.17, 15) is 18.4 Å². The van der Waals surface area contributed by atoms with Gasteiger partial charge in [-0.2, -0.15) is 4.98 Å². The molecule has 3 aromatic rings. The minimum absolute atomic E-state index is 0.0934. The van der Waals surface area contributed by atoms with Crippen molar-refractivity contribution >= 4 is 11.8 Å². The van der Waals surface area contributed by atoms with Crippen LogP contribution in [0.15, 0.2) is 47.2 Å². The molecule has 1 atom stereocenters. The van der Waals surface area contributed by atoms with Gasteiger partial charge in [-0.1, -0.05) is 19.0 Å². The molecule has 0 aliphatic carbocycles. The fourth-order valence-electron chi connectivity index (χ4n) is 2.66. The lowest BCUT2D eigenvalue weighted by atomic mass is 10.0. The number of aromatic nitrogens is 3. The van der Waals surface area contributed by atoms with Crippen LogP contribution in [-0.4, -0.2) is 33.5 Å². The third kappa shape index (κ3) is 5.22. The van der Waals surface area contributed by atoms with Crippen LogP contribution in [0.1, 0.15) is 36.1 Å². The van der Waals surface area contributed by atoms with Gasteiger partial charge in [0.2, 0.25) is 17.6 Å². The van der Waals surface area contributed by atoms with E-state index in [0.717, 1.165) is 12.1 Å². The first-order valence-electron chi connectivity index (χ1n) is 9.11. The molecule has 2 aromatic heterocycles. The predicted molar refractivity (Wildman–Crippen MR) is 102 cm³/mol. The van der Waals surface area contributed by atoms with Crippen molar-refractivity contribution in [2.45, 2.75) is 19.9 Å². The van der Waals surface area contributed by atoms with E-state index in [-0.39, 0.29) is 17.4 Å². The van der Waals surface area contributed by atoms with Crippen molar-refractivity contribution in [2.24, 2.45) is 5.92 Å². The van der Waals surface area contributed by atoms with Gasteiger partial charge in [-0.05, 0) is 30.2 Å². The van der Waals surface area contributed by atoms with Crippen LogP contribution in [-0.2, 0) is 4.79 Å². The van der Waals surface area contributed by atoms with Crippen molar-refractivity contribution in [3.63, 3.8) is 0 Å². The van der Waals surface area contributed by atoms with Crippen LogP contribution in [0.2, 0.25) is 0 Å². The molecule has 0 saturated heterocycles. The van der Waals surface area contributed by atoms with E-state index in [0.29, 0.717) is 17.5 Å². The zero-order valence-electron chi connectivity index (χ0n) is 16.2. The summed E-state index contributed by atoms with van der Waals surface area (Å²) in [6.07, 6.45) is 3.20. The number of amides is 2. The van der Waals surface area contributed by atoms with Gasteiger partial charge >= 0.3 is 0 Å². The normalized spacial score (nSPS) is 11.9. The second-order valence-corrected chi connectivity index (χ2v) is 6.83. The molecule has 0 saturated carbocycles. The highest BCUT2D eigenvalue weighted by molar-refractivity contribution is 5.96. The molecule has 2 heterocycles. The smallest absolute Gasteiger partial charge is 0.251 e. The van der Waals surface area contributed by atoms with Crippen molar-refractivity contribution in [3.8, 4) is 11.4 Å². The standard InChI is InChI=1S/C20H19F2N5O3/c1-11(2)17(20-26-18(27-30-20)12-4-3-5-23-9-12)25-16(28)10-24-19(29)13-6-14(21)8-15(22)7-13/h3-9,11,17H,10H2,1-2H3,(H,24,29)(H,25,28). The molecular weight excluding hydrogens is 396 g/mol. The van der Waals surface area contributed by atoms with Crippen molar-refractivity contribution in [1.82, 2.24) is 25.8 Å². The number of nitrogens with one attached hydrogen (secondary N) is 2. The van der Waals surface area contributed by atoms with E-state index < -0.39 is 36.0 Å². The molecule has 156 valence electrons. The minimum atomic E-state index is -0.884. The average molecular weight is 415 g/mol. The fourth-order valence-corrected chi connectivity index (χ4v) is 2.66. The summed E-state index contributed by atoms with van der Waals surface area (Å²) >= 11 is 0. The number of hydrogen-bond donors (Lipinski definition) is 2. The van der Waals surface area contributed by atoms with Gasteiger partial charge in [0, 0.05) is 29.6 Å². The Morgan fingerprint density at radius 3 is 2.53 bits per heavy atom. The van der Waals surface area contributed by atoms with Crippen molar-refractivity contribution in [1.29, 1.82) is 0 Å². The summed E-state index contributed by atoms with van der Waals surface area (Å²) in [5.41, 5.74) is 0.439. The molecule has 0 spiro atoms. The first-order chi connectivity index (χ1) is 14.3. The zero-order valence-corrected chi connectivity index (χ0v) is 16.2. The Bertz CT molecular complexity index is 1020. The lowest BCUT2D eigenvalue weighted by Crippen LogP contribution is -2.40. The summed E-state index contributed by atoms with van der Waals surface area (Å²) in [5, 5.41) is 8.94. The Morgan fingerprint density at radius 2 is 1.90 bits per heavy atom. The van der Waals surface area contributed by atoms with E-state index in [4.69, 9.17) is 4.52 Å². The molecule has 0 radical (unpaired) electrons. The molecule has 1 unspecified atom stereocenters. The molecule has 2 amide bonds. The molecule has 30 heavy (non-hydrogen) atoms. The first-order valence-corrected chi connectivity index (χ1v) is 9.11. The van der Waals surface area contributed by atoms with E-state index in [1.807, 2.05) is 13.8 Å². The Balaban J connectivity index is 1.63. The second-order valence-electron chi connectivity index (χ2n) is 6.83. The molecule has 0 aliphatic heterocycles. The lowest BCUT2D eigenvalue weighted by molar-refractivity contribution is -0.121. The van der Waals surface area contributed by atoms with E-state index in [2.05, 4.69) is 25.8 Å². The third-order valence-electron chi connectivity index (χ3n) is 4.14. The monoisotopic (exact) mass is 415 g/mol. The maximum Gasteiger partial charge on any atom is 0.251 e. The van der Waals surface area contributed by atoms with Gasteiger partial charge in [0.15, 0.2) is 0 Å². The Kier molecular flexibility index (Phi) is 6.45. The van der Waals surface area contributed by atoms with E-state index >= 15 is 0 Å². The summed E-state index contributed by atoms with van der Waals surface area (Å²) < 4.78 is 31.8. The number of halogens is 2. The molecule has 8 nitrogen and oxygen atoms in total. The highest BCUT2D eigenvalue weighted by Gasteiger charge is 2.25. The molecular formula is C20H19F2N5O3. The Morgan fingerprint density at radius 1 is 1.17 bits per heavy atom. The number of rotatable bonds is 7. The molecule has 10 heteroatoms. The van der Waals surface area contributed by atoms with Gasteiger partial charge in [0.05, 0.1) is 6.54 Å². The maximum absolute atomic E-state index is 13.2. The Labute approximate surface area is 170 Å². The number of hydrogen-bond acceptors (Lipinski definition) is 6. The highest BCUT2D eigenvalue weighted by atomic mass is 19.1. The van der Waals surface area contributed by atoms with Crippen molar-refractivity contribution in [3.05, 3.63) is 65.8 Å². The number of nitrogens with zero attached hydrogens (tertiary/aromatic N) is 3. The van der Waals surface area contributed by atoms with Crippen LogP contribution in [0.4, 0.5) is 8.78 Å². The van der Waals surface area contributed by atoms with Crippen molar-refractivity contribution in [2.75, 3.05) is 6.54 Å². The summed E-state index contributed by atoms with van der Waals surface area (Å²) in [5.74, 6) is -2.63. The van der Waals surface area contributed by atoms with Crippen LogP contribution < -0.4 is 10.6 Å². The summed E-state index contributed by atoms with van der Waals surface area (Å²) in [4.78, 5) is 32.6. The summed E-state index contributed by atoms with van der Waals surface area (Å²) in [6, 6.07) is 5.33. The molecule has 0 bridgehead atoms. The number of carbonyl (C=O) groups excluding carboxylic acids is 2.